The van der Waals surface area contributed by atoms with E-state index in [1.165, 1.54) is 6.26 Å². The van der Waals surface area contributed by atoms with Crippen LogP contribution in [0, 0.1) is 0 Å². The summed E-state index contributed by atoms with van der Waals surface area (Å²) in [6, 6.07) is 8.60. The molecule has 0 amide bonds. The average Bonchev–Trinajstić information content (AvgIpc) is 2.61. The van der Waals surface area contributed by atoms with Crippen LogP contribution in [-0.4, -0.2) is 10.3 Å². The Kier molecular flexibility index (Phi) is 1.88. The van der Waals surface area contributed by atoms with E-state index in [2.05, 4.69) is 15.0 Å². The van der Waals surface area contributed by atoms with Gasteiger partial charge >= 0.3 is 0 Å². The van der Waals surface area contributed by atoms with Gasteiger partial charge in [-0.05, 0) is 12.1 Å². The molecule has 2 aromatic rings. The van der Waals surface area contributed by atoms with Crippen molar-refractivity contribution in [2.45, 2.75) is 0 Å². The third-order valence-electron chi connectivity index (χ3n) is 1.60. The van der Waals surface area contributed by atoms with Gasteiger partial charge in [-0.2, -0.15) is 0 Å². The van der Waals surface area contributed by atoms with E-state index in [1.54, 1.807) is 24.3 Å². The summed E-state index contributed by atoms with van der Waals surface area (Å²) in [4.78, 5) is 0. The molecule has 0 unspecified atom stereocenters. The van der Waals surface area contributed by atoms with Gasteiger partial charge in [-0.1, -0.05) is 17.3 Å². The molecule has 13 heavy (non-hydrogen) atoms. The molecule has 1 aromatic carbocycles. The van der Waals surface area contributed by atoms with E-state index in [9.17, 15) is 5.11 Å². The maximum absolute atomic E-state index is 9.39. The Balaban J connectivity index is 2.24. The predicted molar refractivity (Wildman–Crippen MR) is 47.9 cm³/mol. The molecule has 0 fully saturated rings. The molecule has 0 saturated heterocycles. The number of hydrogen-bond acceptors (Lipinski definition) is 4. The highest BCUT2D eigenvalue weighted by Gasteiger charge is 2.00. The maximum Gasteiger partial charge on any atom is 0.173 e. The van der Waals surface area contributed by atoms with Crippen molar-refractivity contribution in [1.82, 2.24) is 5.16 Å². The van der Waals surface area contributed by atoms with Gasteiger partial charge in [0.2, 0.25) is 0 Å². The van der Waals surface area contributed by atoms with Crippen LogP contribution < -0.4 is 5.32 Å². The van der Waals surface area contributed by atoms with Crippen LogP contribution in [0.2, 0.25) is 0 Å². The number of aromatic hydroxyl groups is 1. The Bertz CT molecular complexity index is 384. The molecule has 1 heterocycles. The Labute approximate surface area is 74.8 Å². The molecule has 0 atom stereocenters. The second kappa shape index (κ2) is 3.18. The number of nitrogens with zero attached hydrogens (tertiary/aromatic N) is 1. The highest BCUT2D eigenvalue weighted by Crippen LogP contribution is 2.24. The number of aromatic nitrogens is 1. The molecule has 2 rings (SSSR count). The zero-order valence-corrected chi connectivity index (χ0v) is 6.77. The van der Waals surface area contributed by atoms with E-state index < -0.39 is 0 Å². The molecule has 66 valence electrons. The summed E-state index contributed by atoms with van der Waals surface area (Å²) in [5.74, 6) is 0.756. The van der Waals surface area contributed by atoms with Crippen LogP contribution in [0.15, 0.2) is 41.1 Å². The number of phenolic OH excluding ortho intramolecular Hbond substituents is 1. The van der Waals surface area contributed by atoms with Gasteiger partial charge in [0.15, 0.2) is 5.82 Å². The molecule has 4 nitrogen and oxygen atoms in total. The van der Waals surface area contributed by atoms with Crippen molar-refractivity contribution in [2.24, 2.45) is 0 Å². The largest absolute Gasteiger partial charge is 0.506 e. The predicted octanol–water partition coefficient (Wildman–Crippen LogP) is 2.12. The number of anilines is 2. The molecule has 0 aliphatic rings. The van der Waals surface area contributed by atoms with Crippen LogP contribution >= 0.6 is 0 Å². The van der Waals surface area contributed by atoms with Crippen molar-refractivity contribution in [2.75, 3.05) is 5.32 Å². The van der Waals surface area contributed by atoms with Gasteiger partial charge in [0.05, 0.1) is 5.69 Å². The van der Waals surface area contributed by atoms with E-state index in [4.69, 9.17) is 0 Å². The minimum absolute atomic E-state index is 0.186. The lowest BCUT2D eigenvalue weighted by Crippen LogP contribution is -1.89. The highest BCUT2D eigenvalue weighted by atomic mass is 16.5. The molecule has 4 heteroatoms. The maximum atomic E-state index is 9.39. The van der Waals surface area contributed by atoms with Gasteiger partial charge in [0, 0.05) is 6.07 Å². The zero-order chi connectivity index (χ0) is 9.10. The summed E-state index contributed by atoms with van der Waals surface area (Å²) in [6.07, 6.45) is 1.46. The lowest BCUT2D eigenvalue weighted by molar-refractivity contribution is 0.422. The molecule has 0 spiro atoms. The summed E-state index contributed by atoms with van der Waals surface area (Å²) in [7, 11) is 0. The number of hydrogen-bond donors (Lipinski definition) is 2. The van der Waals surface area contributed by atoms with E-state index in [1.807, 2.05) is 6.07 Å². The number of nitrogens with one attached hydrogen (secondary N) is 1. The molecule has 1 aromatic heterocycles. The van der Waals surface area contributed by atoms with Crippen LogP contribution in [0.4, 0.5) is 11.5 Å². The highest BCUT2D eigenvalue weighted by molar-refractivity contribution is 5.62. The number of benzene rings is 1. The monoisotopic (exact) mass is 176 g/mol. The van der Waals surface area contributed by atoms with Crippen LogP contribution in [0.3, 0.4) is 0 Å². The van der Waals surface area contributed by atoms with E-state index in [-0.39, 0.29) is 5.75 Å². The fraction of sp³-hybridized carbons (Fsp3) is 0. The minimum atomic E-state index is 0.186. The van der Waals surface area contributed by atoms with Crippen molar-refractivity contribution >= 4 is 11.5 Å². The third-order valence-corrected chi connectivity index (χ3v) is 1.60. The zero-order valence-electron chi connectivity index (χ0n) is 6.77. The minimum Gasteiger partial charge on any atom is -0.506 e. The van der Waals surface area contributed by atoms with Gasteiger partial charge in [-0.3, -0.25) is 0 Å². The molecule has 0 bridgehead atoms. The second-order valence-electron chi connectivity index (χ2n) is 2.53. The number of para-hydroxylation sites is 2. The fourth-order valence-corrected chi connectivity index (χ4v) is 0.994. The Morgan fingerprint density at radius 1 is 1.23 bits per heavy atom. The lowest BCUT2D eigenvalue weighted by atomic mass is 10.3. The third kappa shape index (κ3) is 1.61. The first kappa shape index (κ1) is 7.67. The first-order valence-electron chi connectivity index (χ1n) is 3.81. The molecule has 0 saturated carbocycles. The lowest BCUT2D eigenvalue weighted by Gasteiger charge is -2.03. The van der Waals surface area contributed by atoms with Crippen molar-refractivity contribution < 1.29 is 9.63 Å². The first-order chi connectivity index (χ1) is 6.36. The quantitative estimate of drug-likeness (QED) is 0.688. The van der Waals surface area contributed by atoms with E-state index in [0.717, 1.165) is 0 Å². The summed E-state index contributed by atoms with van der Waals surface area (Å²) in [5.41, 5.74) is 0.608. The summed E-state index contributed by atoms with van der Waals surface area (Å²) >= 11 is 0. The second-order valence-corrected chi connectivity index (χ2v) is 2.53. The molecule has 0 radical (unpaired) electrons. The van der Waals surface area contributed by atoms with Crippen LogP contribution in [0.5, 0.6) is 5.75 Å². The van der Waals surface area contributed by atoms with Gasteiger partial charge in [-0.15, -0.1) is 0 Å². The summed E-state index contributed by atoms with van der Waals surface area (Å²) < 4.78 is 4.63. The molecule has 0 aliphatic carbocycles. The van der Waals surface area contributed by atoms with Gasteiger partial charge in [0.25, 0.3) is 0 Å². The SMILES string of the molecule is Oc1ccccc1Nc1ccon1. The van der Waals surface area contributed by atoms with Crippen molar-refractivity contribution in [3.05, 3.63) is 36.6 Å². The Hall–Kier alpha value is -1.97. The van der Waals surface area contributed by atoms with Crippen molar-refractivity contribution in [3.8, 4) is 5.75 Å². The molecule has 2 N–H and O–H groups in total. The molecular formula is C9H8N2O2. The van der Waals surface area contributed by atoms with E-state index >= 15 is 0 Å². The topological polar surface area (TPSA) is 58.3 Å². The smallest absolute Gasteiger partial charge is 0.173 e. The molecule has 0 aliphatic heterocycles. The van der Waals surface area contributed by atoms with Gasteiger partial charge < -0.3 is 14.9 Å². The summed E-state index contributed by atoms with van der Waals surface area (Å²) in [5, 5.41) is 15.9. The normalized spacial score (nSPS) is 9.85. The fourth-order valence-electron chi connectivity index (χ4n) is 0.994. The average molecular weight is 176 g/mol. The first-order valence-corrected chi connectivity index (χ1v) is 3.81. The Morgan fingerprint density at radius 2 is 2.08 bits per heavy atom. The standard InChI is InChI=1S/C9H8N2O2/c12-8-4-2-1-3-7(8)10-9-5-6-13-11-9/h1-6,12H,(H,10,11). The number of phenols is 1. The van der Waals surface area contributed by atoms with Crippen molar-refractivity contribution in [1.29, 1.82) is 0 Å². The van der Waals surface area contributed by atoms with Crippen LogP contribution in [0.1, 0.15) is 0 Å². The Morgan fingerprint density at radius 3 is 2.77 bits per heavy atom. The van der Waals surface area contributed by atoms with E-state index in [0.29, 0.717) is 11.5 Å². The van der Waals surface area contributed by atoms with Crippen molar-refractivity contribution in [3.63, 3.8) is 0 Å². The van der Waals surface area contributed by atoms with Gasteiger partial charge in [-0.25, -0.2) is 0 Å². The van der Waals surface area contributed by atoms with Gasteiger partial charge in [0.1, 0.15) is 12.0 Å². The van der Waals surface area contributed by atoms with Crippen LogP contribution in [-0.2, 0) is 0 Å². The van der Waals surface area contributed by atoms with Crippen LogP contribution in [0.25, 0.3) is 0 Å². The summed E-state index contributed by atoms with van der Waals surface area (Å²) in [6.45, 7) is 0. The number of rotatable bonds is 2. The molecular weight excluding hydrogens is 168 g/mol.